The lowest BCUT2D eigenvalue weighted by atomic mass is 9.91. The molecule has 1 fully saturated rings. The fraction of sp³-hybridized carbons (Fsp3) is 0.556. The molecule has 8 heteroatoms. The molecule has 0 unspecified atom stereocenters. The van der Waals surface area contributed by atoms with E-state index in [4.69, 9.17) is 15.0 Å². The number of rotatable bonds is 2. The Labute approximate surface area is 96.5 Å². The fourth-order valence-electron chi connectivity index (χ4n) is 1.79. The molecule has 17 heavy (non-hydrogen) atoms. The summed E-state index contributed by atoms with van der Waals surface area (Å²) in [4.78, 5) is 4.27. The van der Waals surface area contributed by atoms with Gasteiger partial charge in [-0.1, -0.05) is 5.16 Å². The molecule has 0 aromatic carbocycles. The largest absolute Gasteiger partial charge is 0.381 e. The molecule has 0 aliphatic carbocycles. The van der Waals surface area contributed by atoms with Gasteiger partial charge in [0.2, 0.25) is 11.7 Å². The van der Waals surface area contributed by atoms with Gasteiger partial charge in [0.15, 0.2) is 5.69 Å². The first-order valence-corrected chi connectivity index (χ1v) is 5.35. The van der Waals surface area contributed by atoms with E-state index < -0.39 is 5.54 Å². The first-order chi connectivity index (χ1) is 8.28. The summed E-state index contributed by atoms with van der Waals surface area (Å²) < 4.78 is 10.5. The lowest BCUT2D eigenvalue weighted by Gasteiger charge is -2.29. The fourth-order valence-corrected chi connectivity index (χ4v) is 1.79. The summed E-state index contributed by atoms with van der Waals surface area (Å²) in [6.45, 7) is 1.22. The maximum Gasteiger partial charge on any atom is 0.247 e. The van der Waals surface area contributed by atoms with Gasteiger partial charge in [0.1, 0.15) is 5.54 Å². The molecular weight excluding hydrogens is 224 g/mol. The van der Waals surface area contributed by atoms with Crippen molar-refractivity contribution in [3.8, 4) is 11.5 Å². The van der Waals surface area contributed by atoms with Gasteiger partial charge < -0.3 is 15.0 Å². The van der Waals surface area contributed by atoms with E-state index in [1.165, 1.54) is 6.20 Å². The molecule has 0 radical (unpaired) electrons. The number of hydrogen-bond donors (Lipinski definition) is 2. The van der Waals surface area contributed by atoms with Gasteiger partial charge in [0.25, 0.3) is 0 Å². The van der Waals surface area contributed by atoms with Crippen molar-refractivity contribution in [1.29, 1.82) is 0 Å². The number of aromatic amines is 1. The van der Waals surface area contributed by atoms with Crippen molar-refractivity contribution in [2.45, 2.75) is 18.4 Å². The van der Waals surface area contributed by atoms with Crippen LogP contribution in [0.15, 0.2) is 10.7 Å². The Morgan fingerprint density at radius 3 is 2.88 bits per heavy atom. The number of nitrogens with two attached hydrogens (primary N) is 1. The third-order valence-electron chi connectivity index (χ3n) is 2.88. The zero-order chi connectivity index (χ0) is 11.7. The minimum atomic E-state index is -0.590. The van der Waals surface area contributed by atoms with Crippen LogP contribution in [0.4, 0.5) is 0 Å². The molecule has 0 atom stereocenters. The van der Waals surface area contributed by atoms with Crippen molar-refractivity contribution >= 4 is 0 Å². The van der Waals surface area contributed by atoms with Gasteiger partial charge >= 0.3 is 0 Å². The first-order valence-electron chi connectivity index (χ1n) is 5.35. The van der Waals surface area contributed by atoms with Crippen molar-refractivity contribution in [2.75, 3.05) is 13.2 Å². The van der Waals surface area contributed by atoms with E-state index in [0.717, 1.165) is 0 Å². The highest BCUT2D eigenvalue weighted by Crippen LogP contribution is 2.28. The van der Waals surface area contributed by atoms with Crippen molar-refractivity contribution in [3.05, 3.63) is 12.1 Å². The monoisotopic (exact) mass is 236 g/mol. The molecule has 0 amide bonds. The second-order valence-electron chi connectivity index (χ2n) is 4.05. The average molecular weight is 236 g/mol. The lowest BCUT2D eigenvalue weighted by Crippen LogP contribution is -2.42. The van der Waals surface area contributed by atoms with Crippen molar-refractivity contribution in [2.24, 2.45) is 5.73 Å². The first kappa shape index (κ1) is 10.4. The van der Waals surface area contributed by atoms with Gasteiger partial charge in [-0.25, -0.2) is 0 Å². The molecule has 0 saturated carbocycles. The Morgan fingerprint density at radius 1 is 1.35 bits per heavy atom. The second kappa shape index (κ2) is 3.90. The van der Waals surface area contributed by atoms with Gasteiger partial charge in [-0.05, 0) is 12.8 Å². The summed E-state index contributed by atoms with van der Waals surface area (Å²) in [5.41, 5.74) is 6.17. The zero-order valence-corrected chi connectivity index (χ0v) is 9.09. The van der Waals surface area contributed by atoms with Crippen LogP contribution in [-0.2, 0) is 10.3 Å². The van der Waals surface area contributed by atoms with Crippen LogP contribution in [0.3, 0.4) is 0 Å². The highest BCUT2D eigenvalue weighted by molar-refractivity contribution is 5.45. The van der Waals surface area contributed by atoms with E-state index in [1.807, 2.05) is 0 Å². The number of H-pyrrole nitrogens is 1. The molecule has 2 aromatic heterocycles. The van der Waals surface area contributed by atoms with E-state index >= 15 is 0 Å². The summed E-state index contributed by atoms with van der Waals surface area (Å²) in [6, 6.07) is 0. The molecule has 8 nitrogen and oxygen atoms in total. The molecule has 2 aromatic rings. The Balaban J connectivity index is 1.89. The Bertz CT molecular complexity index is 487. The quantitative estimate of drug-likeness (QED) is 0.742. The summed E-state index contributed by atoms with van der Waals surface area (Å²) in [5.74, 6) is 0.823. The van der Waals surface area contributed by atoms with Gasteiger partial charge in [0.05, 0.1) is 6.20 Å². The number of nitrogens with one attached hydrogen (secondary N) is 1. The van der Waals surface area contributed by atoms with Crippen LogP contribution in [0, 0.1) is 0 Å². The summed E-state index contributed by atoms with van der Waals surface area (Å²) >= 11 is 0. The van der Waals surface area contributed by atoms with Gasteiger partial charge in [-0.3, -0.25) is 0 Å². The van der Waals surface area contributed by atoms with E-state index in [9.17, 15) is 0 Å². The van der Waals surface area contributed by atoms with Crippen LogP contribution in [0.2, 0.25) is 0 Å². The van der Waals surface area contributed by atoms with Crippen LogP contribution >= 0.6 is 0 Å². The van der Waals surface area contributed by atoms with Crippen LogP contribution in [-0.4, -0.2) is 38.8 Å². The smallest absolute Gasteiger partial charge is 0.247 e. The van der Waals surface area contributed by atoms with Crippen LogP contribution in [0.1, 0.15) is 18.7 Å². The minimum Gasteiger partial charge on any atom is -0.381 e. The van der Waals surface area contributed by atoms with Crippen molar-refractivity contribution in [1.82, 2.24) is 25.6 Å². The molecular formula is C9H12N6O2. The van der Waals surface area contributed by atoms with E-state index in [0.29, 0.717) is 43.5 Å². The number of nitrogens with zero attached hydrogens (tertiary/aromatic N) is 4. The lowest BCUT2D eigenvalue weighted by molar-refractivity contribution is 0.0400. The van der Waals surface area contributed by atoms with E-state index in [-0.39, 0.29) is 0 Å². The highest BCUT2D eigenvalue weighted by Gasteiger charge is 2.36. The van der Waals surface area contributed by atoms with E-state index in [2.05, 4.69) is 25.6 Å². The third-order valence-corrected chi connectivity index (χ3v) is 2.88. The molecule has 1 aliphatic heterocycles. The maximum atomic E-state index is 6.23. The molecule has 0 bridgehead atoms. The van der Waals surface area contributed by atoms with Gasteiger partial charge in [-0.2, -0.15) is 20.4 Å². The topological polar surface area (TPSA) is 116 Å². The van der Waals surface area contributed by atoms with Crippen LogP contribution in [0.25, 0.3) is 11.5 Å². The second-order valence-corrected chi connectivity index (χ2v) is 4.05. The summed E-state index contributed by atoms with van der Waals surface area (Å²) in [6.07, 6.45) is 2.88. The highest BCUT2D eigenvalue weighted by atomic mass is 16.5. The van der Waals surface area contributed by atoms with Crippen LogP contribution in [0.5, 0.6) is 0 Å². The van der Waals surface area contributed by atoms with Gasteiger partial charge in [-0.15, -0.1) is 0 Å². The predicted molar refractivity (Wildman–Crippen MR) is 55.6 cm³/mol. The number of hydrogen-bond acceptors (Lipinski definition) is 7. The summed E-state index contributed by atoms with van der Waals surface area (Å²) in [5, 5.41) is 13.9. The predicted octanol–water partition coefficient (Wildman–Crippen LogP) is -0.181. The summed E-state index contributed by atoms with van der Waals surface area (Å²) in [7, 11) is 0. The van der Waals surface area contributed by atoms with Crippen LogP contribution < -0.4 is 5.73 Å². The molecule has 1 saturated heterocycles. The third kappa shape index (κ3) is 1.81. The SMILES string of the molecule is NC1(c2nc(-c3cn[nH]n3)no2)CCOCC1. The van der Waals surface area contributed by atoms with Gasteiger partial charge in [0, 0.05) is 13.2 Å². The molecule has 3 heterocycles. The molecule has 3 rings (SSSR count). The molecule has 90 valence electrons. The molecule has 0 spiro atoms. The number of aromatic nitrogens is 5. The molecule has 1 aliphatic rings. The molecule has 3 N–H and O–H groups in total. The normalized spacial score (nSPS) is 19.4. The van der Waals surface area contributed by atoms with Crippen molar-refractivity contribution in [3.63, 3.8) is 0 Å². The maximum absolute atomic E-state index is 6.23. The van der Waals surface area contributed by atoms with Crippen molar-refractivity contribution < 1.29 is 9.26 Å². The Kier molecular flexibility index (Phi) is 2.37. The van der Waals surface area contributed by atoms with E-state index in [1.54, 1.807) is 0 Å². The Morgan fingerprint density at radius 2 is 2.18 bits per heavy atom. The minimum absolute atomic E-state index is 0.394. The Hall–Kier alpha value is -1.80. The average Bonchev–Trinajstić information content (AvgIpc) is 3.01. The number of ether oxygens (including phenoxy) is 1. The zero-order valence-electron chi connectivity index (χ0n) is 9.09. The standard InChI is InChI=1S/C9H12N6O2/c10-9(1-3-16-4-2-9)8-12-7(14-17-8)6-5-11-15-13-6/h5H,1-4,10H2,(H,11,13,15).